The van der Waals surface area contributed by atoms with Gasteiger partial charge >= 0.3 is 5.97 Å². The lowest BCUT2D eigenvalue weighted by molar-refractivity contribution is 0.0580. The Balaban J connectivity index is 2.46. The van der Waals surface area contributed by atoms with Gasteiger partial charge in [-0.05, 0) is 35.2 Å². The van der Waals surface area contributed by atoms with Crippen molar-refractivity contribution in [1.29, 1.82) is 0 Å². The first kappa shape index (κ1) is 9.71. The molecule has 0 bridgehead atoms. The van der Waals surface area contributed by atoms with Crippen molar-refractivity contribution in [2.75, 3.05) is 7.11 Å². The molecule has 0 fully saturated rings. The Morgan fingerprint density at radius 2 is 2.36 bits per heavy atom. The number of imidazole rings is 1. The summed E-state index contributed by atoms with van der Waals surface area (Å²) in [4.78, 5) is 15.5. The molecule has 0 saturated carbocycles. The summed E-state index contributed by atoms with van der Waals surface area (Å²) >= 11 is 3.36. The third-order valence-corrected chi connectivity index (χ3v) is 3.07. The lowest BCUT2D eigenvalue weighted by Crippen LogP contribution is -2.17. The van der Waals surface area contributed by atoms with E-state index in [1.54, 1.807) is 0 Å². The molecule has 0 unspecified atom stereocenters. The summed E-state index contributed by atoms with van der Waals surface area (Å²) in [5, 5.41) is 0. The molecule has 0 atom stereocenters. The number of methoxy groups -OCH3 is 1. The zero-order chi connectivity index (χ0) is 10.1. The van der Waals surface area contributed by atoms with Gasteiger partial charge < -0.3 is 9.30 Å². The van der Waals surface area contributed by atoms with Gasteiger partial charge in [0.05, 0.1) is 12.8 Å². The highest BCUT2D eigenvalue weighted by atomic mass is 79.9. The zero-order valence-electron chi connectivity index (χ0n) is 7.92. The van der Waals surface area contributed by atoms with E-state index < -0.39 is 0 Å². The molecule has 0 saturated heterocycles. The number of rotatable bonds is 1. The number of hydrogen-bond donors (Lipinski definition) is 0. The smallest absolute Gasteiger partial charge is 0.374 e. The van der Waals surface area contributed by atoms with E-state index in [1.165, 1.54) is 7.11 Å². The number of nitrogens with zero attached hydrogens (tertiary/aromatic N) is 2. The van der Waals surface area contributed by atoms with Crippen LogP contribution >= 0.6 is 15.9 Å². The molecule has 1 aromatic heterocycles. The number of carbonyl (C=O) groups excluding carboxylic acids is 1. The number of esters is 1. The molecule has 4 nitrogen and oxygen atoms in total. The van der Waals surface area contributed by atoms with Crippen molar-refractivity contribution in [2.24, 2.45) is 0 Å². The second kappa shape index (κ2) is 3.73. The predicted octanol–water partition coefficient (Wildman–Crippen LogP) is 1.77. The fourth-order valence-electron chi connectivity index (χ4n) is 1.75. The summed E-state index contributed by atoms with van der Waals surface area (Å²) in [6, 6.07) is 0. The molecular weight excluding hydrogens is 248 g/mol. The van der Waals surface area contributed by atoms with Crippen LogP contribution in [0.4, 0.5) is 0 Å². The molecule has 0 radical (unpaired) electrons. The van der Waals surface area contributed by atoms with Gasteiger partial charge in [0, 0.05) is 6.54 Å². The monoisotopic (exact) mass is 258 g/mol. The van der Waals surface area contributed by atoms with Crippen LogP contribution in [-0.4, -0.2) is 22.6 Å². The molecule has 1 aromatic rings. The van der Waals surface area contributed by atoms with Gasteiger partial charge in [0.1, 0.15) is 4.60 Å². The van der Waals surface area contributed by atoms with Crippen molar-refractivity contribution in [2.45, 2.75) is 25.8 Å². The molecule has 0 aromatic carbocycles. The standard InChI is InChI=1S/C9H11BrN2O2/c1-14-9(13)8-11-7(10)6-4-2-3-5-12(6)8/h2-5H2,1H3. The highest BCUT2D eigenvalue weighted by Crippen LogP contribution is 2.24. The van der Waals surface area contributed by atoms with Crippen LogP contribution in [0.15, 0.2) is 4.60 Å². The topological polar surface area (TPSA) is 44.1 Å². The zero-order valence-corrected chi connectivity index (χ0v) is 9.50. The van der Waals surface area contributed by atoms with E-state index in [9.17, 15) is 4.79 Å². The van der Waals surface area contributed by atoms with Gasteiger partial charge in [0.15, 0.2) is 0 Å². The van der Waals surface area contributed by atoms with Crippen LogP contribution in [0.5, 0.6) is 0 Å². The highest BCUT2D eigenvalue weighted by Gasteiger charge is 2.23. The molecular formula is C9H11BrN2O2. The highest BCUT2D eigenvalue weighted by molar-refractivity contribution is 9.10. The minimum absolute atomic E-state index is 0.362. The SMILES string of the molecule is COC(=O)c1nc(Br)c2n1CCCC2. The number of ether oxygens (including phenoxy) is 1. The van der Waals surface area contributed by atoms with Crippen LogP contribution in [0, 0.1) is 0 Å². The number of hydrogen-bond acceptors (Lipinski definition) is 3. The second-order valence-electron chi connectivity index (χ2n) is 3.27. The van der Waals surface area contributed by atoms with Gasteiger partial charge in [-0.1, -0.05) is 0 Å². The maximum atomic E-state index is 11.4. The van der Waals surface area contributed by atoms with E-state index in [0.717, 1.165) is 36.1 Å². The Hall–Kier alpha value is -0.840. The molecule has 5 heteroatoms. The normalized spacial score (nSPS) is 15.0. The Morgan fingerprint density at radius 1 is 1.57 bits per heavy atom. The Bertz CT molecular complexity index is 373. The van der Waals surface area contributed by atoms with Gasteiger partial charge in [0.2, 0.25) is 5.82 Å². The third kappa shape index (κ3) is 1.45. The van der Waals surface area contributed by atoms with Crippen LogP contribution in [0.1, 0.15) is 29.2 Å². The van der Waals surface area contributed by atoms with Crippen LogP contribution in [0.25, 0.3) is 0 Å². The fourth-order valence-corrected chi connectivity index (χ4v) is 2.33. The molecule has 2 heterocycles. The first-order valence-electron chi connectivity index (χ1n) is 4.57. The largest absolute Gasteiger partial charge is 0.463 e. The Labute approximate surface area is 90.4 Å². The number of carbonyl (C=O) groups is 1. The molecule has 0 N–H and O–H groups in total. The second-order valence-corrected chi connectivity index (χ2v) is 4.02. The van der Waals surface area contributed by atoms with Gasteiger partial charge in [-0.3, -0.25) is 0 Å². The number of fused-ring (bicyclic) bond motifs is 1. The average Bonchev–Trinajstić information content (AvgIpc) is 2.56. The summed E-state index contributed by atoms with van der Waals surface area (Å²) in [5.41, 5.74) is 1.11. The van der Waals surface area contributed by atoms with Gasteiger partial charge in [-0.2, -0.15) is 0 Å². The molecule has 1 aliphatic rings. The maximum Gasteiger partial charge on any atom is 0.374 e. The predicted molar refractivity (Wildman–Crippen MR) is 54.2 cm³/mol. The molecule has 0 spiro atoms. The van der Waals surface area contributed by atoms with Crippen molar-refractivity contribution in [3.05, 3.63) is 16.1 Å². The van der Waals surface area contributed by atoms with Crippen molar-refractivity contribution >= 4 is 21.9 Å². The summed E-state index contributed by atoms with van der Waals surface area (Å²) in [6.07, 6.45) is 3.23. The van der Waals surface area contributed by atoms with Crippen LogP contribution < -0.4 is 0 Å². The molecule has 2 rings (SSSR count). The van der Waals surface area contributed by atoms with Crippen LogP contribution in [0.2, 0.25) is 0 Å². The molecule has 0 aliphatic carbocycles. The summed E-state index contributed by atoms with van der Waals surface area (Å²) in [5.74, 6) is 0.0490. The van der Waals surface area contributed by atoms with Crippen LogP contribution in [0.3, 0.4) is 0 Å². The van der Waals surface area contributed by atoms with E-state index >= 15 is 0 Å². The molecule has 14 heavy (non-hydrogen) atoms. The van der Waals surface area contributed by atoms with Gasteiger partial charge in [-0.25, -0.2) is 9.78 Å². The maximum absolute atomic E-state index is 11.4. The average molecular weight is 259 g/mol. The van der Waals surface area contributed by atoms with Gasteiger partial charge in [-0.15, -0.1) is 0 Å². The fraction of sp³-hybridized carbons (Fsp3) is 0.556. The number of aromatic nitrogens is 2. The van der Waals surface area contributed by atoms with E-state index in [1.807, 2.05) is 4.57 Å². The van der Waals surface area contributed by atoms with Crippen molar-refractivity contribution in [3.63, 3.8) is 0 Å². The summed E-state index contributed by atoms with van der Waals surface area (Å²) in [6.45, 7) is 0.859. The van der Waals surface area contributed by atoms with Gasteiger partial charge in [0.25, 0.3) is 0 Å². The molecule has 0 amide bonds. The van der Waals surface area contributed by atoms with Crippen molar-refractivity contribution < 1.29 is 9.53 Å². The van der Waals surface area contributed by atoms with Crippen molar-refractivity contribution in [1.82, 2.24) is 9.55 Å². The Kier molecular flexibility index (Phi) is 2.58. The Morgan fingerprint density at radius 3 is 3.07 bits per heavy atom. The lowest BCUT2D eigenvalue weighted by Gasteiger charge is -2.15. The van der Waals surface area contributed by atoms with Crippen LogP contribution in [-0.2, 0) is 17.7 Å². The lowest BCUT2D eigenvalue weighted by atomic mass is 10.1. The first-order valence-corrected chi connectivity index (χ1v) is 5.36. The van der Waals surface area contributed by atoms with E-state index in [4.69, 9.17) is 0 Å². The minimum atomic E-state index is -0.362. The van der Waals surface area contributed by atoms with Crippen molar-refractivity contribution in [3.8, 4) is 0 Å². The number of halogens is 1. The molecule has 1 aliphatic heterocycles. The van der Waals surface area contributed by atoms with E-state index in [0.29, 0.717) is 5.82 Å². The summed E-state index contributed by atoms with van der Waals surface area (Å²) < 4.78 is 7.39. The van der Waals surface area contributed by atoms with E-state index in [-0.39, 0.29) is 5.97 Å². The minimum Gasteiger partial charge on any atom is -0.463 e. The third-order valence-electron chi connectivity index (χ3n) is 2.44. The quantitative estimate of drug-likeness (QED) is 0.722. The molecule has 76 valence electrons. The van der Waals surface area contributed by atoms with E-state index in [2.05, 4.69) is 25.7 Å². The summed E-state index contributed by atoms with van der Waals surface area (Å²) in [7, 11) is 1.38. The first-order chi connectivity index (χ1) is 6.74.